The van der Waals surface area contributed by atoms with E-state index in [1.54, 1.807) is 12.1 Å². The average Bonchev–Trinajstić information content (AvgIpc) is 2.88. The quantitative estimate of drug-likeness (QED) is 0.821. The Morgan fingerprint density at radius 1 is 1.48 bits per heavy atom. The lowest BCUT2D eigenvalue weighted by Gasteiger charge is -2.20. The Labute approximate surface area is 140 Å². The van der Waals surface area contributed by atoms with E-state index in [0.29, 0.717) is 19.5 Å². The Hall–Kier alpha value is -1.38. The van der Waals surface area contributed by atoms with Gasteiger partial charge in [0.15, 0.2) is 0 Å². The van der Waals surface area contributed by atoms with E-state index in [1.165, 1.54) is 13.0 Å². The molecule has 23 heavy (non-hydrogen) atoms. The number of nitrogens with zero attached hydrogens (tertiary/aromatic N) is 1. The molecule has 128 valence electrons. The molecule has 0 aromatic heterocycles. The highest BCUT2D eigenvalue weighted by atomic mass is 35.5. The van der Waals surface area contributed by atoms with Crippen molar-refractivity contribution in [1.82, 2.24) is 10.0 Å². The highest BCUT2D eigenvalue weighted by molar-refractivity contribution is 7.88. The van der Waals surface area contributed by atoms with Crippen LogP contribution >= 0.6 is 11.6 Å². The zero-order chi connectivity index (χ0) is 17.2. The largest absolute Gasteiger partial charge is 0.369 e. The molecule has 0 spiro atoms. The van der Waals surface area contributed by atoms with Crippen LogP contribution in [-0.2, 0) is 14.8 Å². The minimum absolute atomic E-state index is 0.0564. The third kappa shape index (κ3) is 5.05. The molecule has 0 bridgehead atoms. The predicted molar refractivity (Wildman–Crippen MR) is 87.6 cm³/mol. The van der Waals surface area contributed by atoms with Crippen LogP contribution in [0.25, 0.3) is 0 Å². The summed E-state index contributed by atoms with van der Waals surface area (Å²) in [7, 11) is -3.44. The fourth-order valence-corrected chi connectivity index (χ4v) is 3.42. The Morgan fingerprint density at radius 2 is 2.17 bits per heavy atom. The van der Waals surface area contributed by atoms with E-state index >= 15 is 0 Å². The van der Waals surface area contributed by atoms with Gasteiger partial charge in [-0.25, -0.2) is 17.5 Å². The molecule has 1 aliphatic heterocycles. The van der Waals surface area contributed by atoms with E-state index in [0.717, 1.165) is 11.9 Å². The molecule has 2 atom stereocenters. The summed E-state index contributed by atoms with van der Waals surface area (Å²) in [6.07, 6.45) is 1.72. The highest BCUT2D eigenvalue weighted by Crippen LogP contribution is 2.25. The minimum atomic E-state index is -3.44. The number of rotatable bonds is 5. The first-order valence-electron chi connectivity index (χ1n) is 7.13. The first kappa shape index (κ1) is 18.0. The number of sulfonamides is 1. The van der Waals surface area contributed by atoms with E-state index in [4.69, 9.17) is 11.6 Å². The predicted octanol–water partition coefficient (Wildman–Crippen LogP) is 1.11. The molecule has 1 heterocycles. The summed E-state index contributed by atoms with van der Waals surface area (Å²) < 4.78 is 37.7. The molecule has 0 saturated carbocycles. The van der Waals surface area contributed by atoms with Crippen LogP contribution in [0.4, 0.5) is 10.1 Å². The summed E-state index contributed by atoms with van der Waals surface area (Å²) in [4.78, 5) is 14.0. The Morgan fingerprint density at radius 3 is 2.78 bits per heavy atom. The standard InChI is InChI=1S/C14H19ClFN3O3S/c1-9(18-23(2,21)22)14(20)17-10-5-6-19(8-10)11-3-4-13(16)12(15)7-11/h3-4,7,9-10,18H,5-6,8H2,1-2H3,(H,17,20). The summed E-state index contributed by atoms with van der Waals surface area (Å²) in [6, 6.07) is 3.56. The van der Waals surface area contributed by atoms with Crippen molar-refractivity contribution < 1.29 is 17.6 Å². The van der Waals surface area contributed by atoms with Gasteiger partial charge in [0.2, 0.25) is 15.9 Å². The van der Waals surface area contributed by atoms with Crippen LogP contribution in [0.5, 0.6) is 0 Å². The van der Waals surface area contributed by atoms with Crippen LogP contribution in [0.15, 0.2) is 18.2 Å². The lowest BCUT2D eigenvalue weighted by Crippen LogP contribution is -2.48. The number of nitrogens with one attached hydrogen (secondary N) is 2. The molecular formula is C14H19ClFN3O3S. The van der Waals surface area contributed by atoms with Gasteiger partial charge >= 0.3 is 0 Å². The first-order valence-corrected chi connectivity index (χ1v) is 9.40. The molecule has 1 fully saturated rings. The van der Waals surface area contributed by atoms with Crippen LogP contribution in [0.2, 0.25) is 5.02 Å². The van der Waals surface area contributed by atoms with Gasteiger partial charge in [0, 0.05) is 24.8 Å². The van der Waals surface area contributed by atoms with Crippen molar-refractivity contribution in [3.63, 3.8) is 0 Å². The van der Waals surface area contributed by atoms with E-state index in [-0.39, 0.29) is 17.0 Å². The van der Waals surface area contributed by atoms with E-state index in [1.807, 2.05) is 4.90 Å². The van der Waals surface area contributed by atoms with Crippen molar-refractivity contribution in [2.45, 2.75) is 25.4 Å². The molecular weight excluding hydrogens is 345 g/mol. The smallest absolute Gasteiger partial charge is 0.238 e. The minimum Gasteiger partial charge on any atom is -0.369 e. The van der Waals surface area contributed by atoms with Crippen molar-refractivity contribution in [3.05, 3.63) is 29.0 Å². The fourth-order valence-electron chi connectivity index (χ4n) is 2.50. The van der Waals surface area contributed by atoms with Gasteiger partial charge in [-0.15, -0.1) is 0 Å². The highest BCUT2D eigenvalue weighted by Gasteiger charge is 2.26. The second-order valence-corrected chi connectivity index (χ2v) is 7.84. The first-order chi connectivity index (χ1) is 10.7. The molecule has 1 amide bonds. The van der Waals surface area contributed by atoms with Gasteiger partial charge < -0.3 is 10.2 Å². The van der Waals surface area contributed by atoms with Crippen LogP contribution in [0.3, 0.4) is 0 Å². The summed E-state index contributed by atoms with van der Waals surface area (Å²) in [6.45, 7) is 2.74. The molecule has 2 unspecified atom stereocenters. The van der Waals surface area contributed by atoms with Crippen LogP contribution < -0.4 is 14.9 Å². The number of benzene rings is 1. The summed E-state index contributed by atoms with van der Waals surface area (Å²) in [5.74, 6) is -0.848. The van der Waals surface area contributed by atoms with Crippen LogP contribution in [0, 0.1) is 5.82 Å². The monoisotopic (exact) mass is 363 g/mol. The number of amides is 1. The van der Waals surface area contributed by atoms with Crippen molar-refractivity contribution in [1.29, 1.82) is 0 Å². The number of carbonyl (C=O) groups excluding carboxylic acids is 1. The summed E-state index contributed by atoms with van der Waals surface area (Å²) >= 11 is 5.78. The summed E-state index contributed by atoms with van der Waals surface area (Å²) in [5.41, 5.74) is 0.787. The molecule has 0 aliphatic carbocycles. The van der Waals surface area contributed by atoms with E-state index < -0.39 is 21.9 Å². The van der Waals surface area contributed by atoms with Crippen LogP contribution in [0.1, 0.15) is 13.3 Å². The molecule has 6 nitrogen and oxygen atoms in total. The second-order valence-electron chi connectivity index (χ2n) is 5.65. The van der Waals surface area contributed by atoms with Crippen molar-refractivity contribution in [3.8, 4) is 0 Å². The van der Waals surface area contributed by atoms with E-state index in [9.17, 15) is 17.6 Å². The van der Waals surface area contributed by atoms with Crippen molar-refractivity contribution in [2.24, 2.45) is 0 Å². The SMILES string of the molecule is CC(NS(C)(=O)=O)C(=O)NC1CCN(c2ccc(F)c(Cl)c2)C1. The molecule has 2 N–H and O–H groups in total. The zero-order valence-electron chi connectivity index (χ0n) is 12.8. The number of carbonyl (C=O) groups is 1. The molecule has 1 aromatic rings. The third-order valence-electron chi connectivity index (χ3n) is 3.59. The van der Waals surface area contributed by atoms with Gasteiger partial charge in [-0.3, -0.25) is 4.79 Å². The Bertz CT molecular complexity index is 699. The number of halogens is 2. The lowest BCUT2D eigenvalue weighted by molar-refractivity contribution is -0.122. The molecule has 2 rings (SSSR count). The fraction of sp³-hybridized carbons (Fsp3) is 0.500. The lowest BCUT2D eigenvalue weighted by atomic mass is 10.2. The van der Waals surface area contributed by atoms with Crippen molar-refractivity contribution >= 4 is 33.2 Å². The zero-order valence-corrected chi connectivity index (χ0v) is 14.4. The molecule has 1 aromatic carbocycles. The Balaban J connectivity index is 1.92. The topological polar surface area (TPSA) is 78.5 Å². The van der Waals surface area contributed by atoms with Gasteiger partial charge in [0.05, 0.1) is 17.3 Å². The second kappa shape index (κ2) is 7.02. The number of anilines is 1. The van der Waals surface area contributed by atoms with Gasteiger partial charge in [-0.2, -0.15) is 0 Å². The van der Waals surface area contributed by atoms with Gasteiger partial charge in [-0.05, 0) is 31.5 Å². The average molecular weight is 364 g/mol. The van der Waals surface area contributed by atoms with Gasteiger partial charge in [0.1, 0.15) is 5.82 Å². The maximum Gasteiger partial charge on any atom is 0.238 e. The van der Waals surface area contributed by atoms with Gasteiger partial charge in [0.25, 0.3) is 0 Å². The maximum absolute atomic E-state index is 13.2. The third-order valence-corrected chi connectivity index (χ3v) is 4.66. The van der Waals surface area contributed by atoms with Crippen molar-refractivity contribution in [2.75, 3.05) is 24.2 Å². The number of hydrogen-bond acceptors (Lipinski definition) is 4. The Kier molecular flexibility index (Phi) is 5.49. The van der Waals surface area contributed by atoms with Crippen LogP contribution in [-0.4, -0.2) is 45.8 Å². The molecule has 9 heteroatoms. The molecule has 1 saturated heterocycles. The number of hydrogen-bond donors (Lipinski definition) is 2. The molecule has 0 radical (unpaired) electrons. The van der Waals surface area contributed by atoms with E-state index in [2.05, 4.69) is 10.0 Å². The molecule has 1 aliphatic rings. The summed E-state index contributed by atoms with van der Waals surface area (Å²) in [5, 5.41) is 2.87. The normalized spacial score (nSPS) is 19.7. The maximum atomic E-state index is 13.2. The van der Waals surface area contributed by atoms with Gasteiger partial charge in [-0.1, -0.05) is 11.6 Å².